The summed E-state index contributed by atoms with van der Waals surface area (Å²) in [5.41, 5.74) is -1.84. The lowest BCUT2D eigenvalue weighted by molar-refractivity contribution is -0.157. The maximum Gasteiger partial charge on any atom is 0.290 e. The quantitative estimate of drug-likeness (QED) is 0.803. The minimum absolute atomic E-state index is 0.0946. The van der Waals surface area contributed by atoms with Crippen LogP contribution < -0.4 is 10.1 Å². The SMILES string of the molecule is COc1cccc(C(F)(F)CNC(=O)[C@@]2(O)CC(C)CCC2C(C)C)c1. The molecule has 146 valence electrons. The monoisotopic (exact) mass is 369 g/mol. The van der Waals surface area contributed by atoms with Crippen LogP contribution in [0.25, 0.3) is 0 Å². The minimum atomic E-state index is -3.26. The zero-order valence-corrected chi connectivity index (χ0v) is 15.9. The molecule has 3 atom stereocenters. The van der Waals surface area contributed by atoms with Crippen molar-refractivity contribution in [3.8, 4) is 5.75 Å². The lowest BCUT2D eigenvalue weighted by Crippen LogP contribution is -2.57. The van der Waals surface area contributed by atoms with Crippen molar-refractivity contribution in [2.75, 3.05) is 13.7 Å². The highest BCUT2D eigenvalue weighted by Gasteiger charge is 2.49. The Labute approximate surface area is 153 Å². The van der Waals surface area contributed by atoms with E-state index < -0.39 is 24.0 Å². The van der Waals surface area contributed by atoms with Gasteiger partial charge in [0.2, 0.25) is 0 Å². The van der Waals surface area contributed by atoms with Crippen molar-refractivity contribution < 1.29 is 23.4 Å². The van der Waals surface area contributed by atoms with Crippen molar-refractivity contribution in [3.63, 3.8) is 0 Å². The van der Waals surface area contributed by atoms with Crippen molar-refractivity contribution in [2.45, 2.75) is 51.6 Å². The molecule has 2 rings (SSSR count). The number of nitrogens with one attached hydrogen (secondary N) is 1. The highest BCUT2D eigenvalue weighted by molar-refractivity contribution is 5.85. The van der Waals surface area contributed by atoms with Gasteiger partial charge in [-0.2, -0.15) is 8.78 Å². The third-order valence-electron chi connectivity index (χ3n) is 5.40. The van der Waals surface area contributed by atoms with Crippen LogP contribution in [0.15, 0.2) is 24.3 Å². The number of hydrogen-bond acceptors (Lipinski definition) is 3. The van der Waals surface area contributed by atoms with Crippen LogP contribution >= 0.6 is 0 Å². The number of aliphatic hydroxyl groups is 1. The zero-order valence-electron chi connectivity index (χ0n) is 15.9. The summed E-state index contributed by atoms with van der Waals surface area (Å²) in [6.45, 7) is 5.01. The largest absolute Gasteiger partial charge is 0.497 e. The predicted molar refractivity (Wildman–Crippen MR) is 96.2 cm³/mol. The Morgan fingerprint density at radius 3 is 2.73 bits per heavy atom. The molecule has 1 saturated carbocycles. The zero-order chi connectivity index (χ0) is 19.5. The van der Waals surface area contributed by atoms with Gasteiger partial charge in [-0.25, -0.2) is 0 Å². The van der Waals surface area contributed by atoms with Gasteiger partial charge in [-0.05, 0) is 42.7 Å². The molecule has 1 aliphatic carbocycles. The molecule has 0 aliphatic heterocycles. The third kappa shape index (κ3) is 4.34. The van der Waals surface area contributed by atoms with E-state index in [1.54, 1.807) is 6.07 Å². The summed E-state index contributed by atoms with van der Waals surface area (Å²) in [7, 11) is 1.41. The summed E-state index contributed by atoms with van der Waals surface area (Å²) in [4.78, 5) is 12.7. The maximum atomic E-state index is 14.5. The highest BCUT2D eigenvalue weighted by atomic mass is 19.3. The summed E-state index contributed by atoms with van der Waals surface area (Å²) in [6.07, 6.45) is 1.94. The summed E-state index contributed by atoms with van der Waals surface area (Å²) in [5, 5.41) is 13.3. The second kappa shape index (κ2) is 7.91. The van der Waals surface area contributed by atoms with Gasteiger partial charge >= 0.3 is 0 Å². The van der Waals surface area contributed by atoms with Gasteiger partial charge < -0.3 is 15.2 Å². The molecule has 1 aliphatic rings. The first-order valence-electron chi connectivity index (χ1n) is 9.13. The van der Waals surface area contributed by atoms with Crippen LogP contribution in [0, 0.1) is 17.8 Å². The average Bonchev–Trinajstić information content (AvgIpc) is 2.59. The standard InChI is InChI=1S/C20H29F2NO3/c1-13(2)17-9-8-14(3)11-19(17,25)18(24)23-12-20(21,22)15-6-5-7-16(10-15)26-4/h5-7,10,13-14,17,25H,8-9,11-12H2,1-4H3,(H,23,24)/t14?,17?,19-/m1/s1. The van der Waals surface area contributed by atoms with Gasteiger partial charge in [0.1, 0.15) is 11.4 Å². The fraction of sp³-hybridized carbons (Fsp3) is 0.650. The van der Waals surface area contributed by atoms with Crippen LogP contribution in [0.3, 0.4) is 0 Å². The van der Waals surface area contributed by atoms with Crippen LogP contribution in [0.2, 0.25) is 0 Å². The number of halogens is 2. The molecule has 0 radical (unpaired) electrons. The van der Waals surface area contributed by atoms with Crippen LogP contribution in [0.1, 0.15) is 45.6 Å². The smallest absolute Gasteiger partial charge is 0.290 e. The van der Waals surface area contributed by atoms with Crippen molar-refractivity contribution in [2.24, 2.45) is 17.8 Å². The van der Waals surface area contributed by atoms with E-state index in [9.17, 15) is 18.7 Å². The van der Waals surface area contributed by atoms with Crippen LogP contribution in [-0.4, -0.2) is 30.3 Å². The molecule has 0 saturated heterocycles. The van der Waals surface area contributed by atoms with Crippen LogP contribution in [0.5, 0.6) is 5.75 Å². The molecular formula is C20H29F2NO3. The number of alkyl halides is 2. The molecule has 1 aromatic carbocycles. The van der Waals surface area contributed by atoms with E-state index in [1.807, 2.05) is 20.8 Å². The lowest BCUT2D eigenvalue weighted by atomic mass is 9.66. The van der Waals surface area contributed by atoms with Gasteiger partial charge in [-0.3, -0.25) is 4.79 Å². The molecule has 0 bridgehead atoms. The molecule has 1 fully saturated rings. The van der Waals surface area contributed by atoms with E-state index in [0.717, 1.165) is 12.8 Å². The first kappa shape index (κ1) is 20.6. The molecule has 0 aromatic heterocycles. The number of hydrogen-bond donors (Lipinski definition) is 2. The minimum Gasteiger partial charge on any atom is -0.497 e. The first-order valence-corrected chi connectivity index (χ1v) is 9.13. The Balaban J connectivity index is 2.12. The van der Waals surface area contributed by atoms with Gasteiger partial charge in [-0.1, -0.05) is 39.3 Å². The number of benzene rings is 1. The van der Waals surface area contributed by atoms with E-state index in [4.69, 9.17) is 4.74 Å². The van der Waals surface area contributed by atoms with Crippen LogP contribution in [0.4, 0.5) is 8.78 Å². The molecule has 1 amide bonds. The van der Waals surface area contributed by atoms with Crippen molar-refractivity contribution >= 4 is 5.91 Å². The summed E-state index contributed by atoms with van der Waals surface area (Å²) in [6, 6.07) is 5.61. The molecule has 0 spiro atoms. The molecule has 0 heterocycles. The van der Waals surface area contributed by atoms with E-state index in [2.05, 4.69) is 5.32 Å². The van der Waals surface area contributed by atoms with Gasteiger partial charge in [0.05, 0.1) is 13.7 Å². The third-order valence-corrected chi connectivity index (χ3v) is 5.40. The Hall–Kier alpha value is -1.69. The molecule has 2 N–H and O–H groups in total. The number of amides is 1. The first-order chi connectivity index (χ1) is 12.1. The number of carbonyl (C=O) groups is 1. The van der Waals surface area contributed by atoms with Gasteiger partial charge in [0.15, 0.2) is 0 Å². The average molecular weight is 369 g/mol. The molecule has 6 heteroatoms. The normalized spacial score (nSPS) is 26.6. The highest BCUT2D eigenvalue weighted by Crippen LogP contribution is 2.41. The summed E-state index contributed by atoms with van der Waals surface area (Å²) >= 11 is 0. The summed E-state index contributed by atoms with van der Waals surface area (Å²) in [5.74, 6) is -3.59. The van der Waals surface area contributed by atoms with E-state index in [-0.39, 0.29) is 23.3 Å². The summed E-state index contributed by atoms with van der Waals surface area (Å²) < 4.78 is 34.0. The Morgan fingerprint density at radius 2 is 2.12 bits per heavy atom. The molecular weight excluding hydrogens is 340 g/mol. The number of rotatable bonds is 6. The second-order valence-electron chi connectivity index (χ2n) is 7.78. The molecule has 26 heavy (non-hydrogen) atoms. The number of carbonyl (C=O) groups excluding carboxylic acids is 1. The fourth-order valence-corrected chi connectivity index (χ4v) is 3.93. The van der Waals surface area contributed by atoms with Crippen molar-refractivity contribution in [3.05, 3.63) is 29.8 Å². The Kier molecular flexibility index (Phi) is 6.27. The maximum absolute atomic E-state index is 14.5. The molecule has 4 nitrogen and oxygen atoms in total. The van der Waals surface area contributed by atoms with E-state index >= 15 is 0 Å². The van der Waals surface area contributed by atoms with Crippen molar-refractivity contribution in [1.29, 1.82) is 0 Å². The lowest BCUT2D eigenvalue weighted by Gasteiger charge is -2.43. The van der Waals surface area contributed by atoms with Gasteiger partial charge in [-0.15, -0.1) is 0 Å². The fourth-order valence-electron chi connectivity index (χ4n) is 3.93. The second-order valence-corrected chi connectivity index (χ2v) is 7.78. The Bertz CT molecular complexity index is 635. The number of ether oxygens (including phenoxy) is 1. The van der Waals surface area contributed by atoms with E-state index in [1.165, 1.54) is 25.3 Å². The van der Waals surface area contributed by atoms with Crippen molar-refractivity contribution in [1.82, 2.24) is 5.32 Å². The van der Waals surface area contributed by atoms with Crippen LogP contribution in [-0.2, 0) is 10.7 Å². The molecule has 2 unspecified atom stereocenters. The van der Waals surface area contributed by atoms with Gasteiger partial charge in [0.25, 0.3) is 11.8 Å². The van der Waals surface area contributed by atoms with E-state index in [0.29, 0.717) is 12.2 Å². The predicted octanol–water partition coefficient (Wildman–Crippen LogP) is 3.73. The number of methoxy groups -OCH3 is 1. The Morgan fingerprint density at radius 1 is 1.42 bits per heavy atom. The topological polar surface area (TPSA) is 58.6 Å². The van der Waals surface area contributed by atoms with Gasteiger partial charge in [0, 0.05) is 5.56 Å². The molecule has 1 aromatic rings.